The number of benzene rings is 1. The van der Waals surface area contributed by atoms with Crippen LogP contribution < -0.4 is 0 Å². The van der Waals surface area contributed by atoms with Crippen molar-refractivity contribution in [1.29, 1.82) is 0 Å². The first-order valence-corrected chi connectivity index (χ1v) is 7.17. The third-order valence-corrected chi connectivity index (χ3v) is 4.54. The number of piperidine rings is 1. The first-order valence-electron chi connectivity index (χ1n) is 7.17. The van der Waals surface area contributed by atoms with Gasteiger partial charge in [-0.25, -0.2) is 0 Å². The molecule has 2 bridgehead atoms. The van der Waals surface area contributed by atoms with Crippen LogP contribution in [-0.4, -0.2) is 36.1 Å². The lowest BCUT2D eigenvalue weighted by molar-refractivity contribution is -0.151. The lowest BCUT2D eigenvalue weighted by atomic mass is 10.0. The summed E-state index contributed by atoms with van der Waals surface area (Å²) in [6.07, 6.45) is 5.05. The van der Waals surface area contributed by atoms with Crippen molar-refractivity contribution in [2.45, 2.75) is 50.3 Å². The molecule has 0 aliphatic carbocycles. The Bertz CT molecular complexity index is 431. The molecule has 0 N–H and O–H groups in total. The van der Waals surface area contributed by atoms with Crippen LogP contribution in [0.2, 0.25) is 0 Å². The van der Waals surface area contributed by atoms with Gasteiger partial charge in [0, 0.05) is 12.1 Å². The number of ether oxygens (including phenoxy) is 1. The van der Waals surface area contributed by atoms with E-state index in [0.717, 1.165) is 18.4 Å². The van der Waals surface area contributed by atoms with E-state index < -0.39 is 0 Å². The molecule has 2 aliphatic heterocycles. The van der Waals surface area contributed by atoms with Gasteiger partial charge in [0.1, 0.15) is 6.10 Å². The van der Waals surface area contributed by atoms with Gasteiger partial charge in [0.25, 0.3) is 0 Å². The van der Waals surface area contributed by atoms with E-state index in [0.29, 0.717) is 18.5 Å². The van der Waals surface area contributed by atoms with Crippen LogP contribution in [0.4, 0.5) is 0 Å². The molecule has 2 aliphatic rings. The summed E-state index contributed by atoms with van der Waals surface area (Å²) in [5.74, 6) is -0.0832. The van der Waals surface area contributed by atoms with Crippen LogP contribution in [0.15, 0.2) is 30.3 Å². The van der Waals surface area contributed by atoms with E-state index >= 15 is 0 Å². The van der Waals surface area contributed by atoms with E-state index in [1.54, 1.807) is 0 Å². The SMILES string of the molecule is CN1[C@@H]2CC[C@H]1CC(OC(=O)Cc1ccccc1)C2. The van der Waals surface area contributed by atoms with Crippen molar-refractivity contribution in [3.8, 4) is 0 Å². The maximum Gasteiger partial charge on any atom is 0.310 e. The fraction of sp³-hybridized carbons (Fsp3) is 0.562. The molecule has 3 atom stereocenters. The molecule has 1 aromatic rings. The zero-order chi connectivity index (χ0) is 13.2. The van der Waals surface area contributed by atoms with Gasteiger partial charge in [0.15, 0.2) is 0 Å². The number of carbonyl (C=O) groups excluding carboxylic acids is 1. The highest BCUT2D eigenvalue weighted by Gasteiger charge is 2.39. The Morgan fingerprint density at radius 1 is 1.21 bits per heavy atom. The van der Waals surface area contributed by atoms with Gasteiger partial charge in [0.05, 0.1) is 6.42 Å². The smallest absolute Gasteiger partial charge is 0.310 e. The Hall–Kier alpha value is -1.35. The fourth-order valence-corrected chi connectivity index (χ4v) is 3.45. The molecule has 3 heteroatoms. The summed E-state index contributed by atoms with van der Waals surface area (Å²) in [5, 5.41) is 0. The van der Waals surface area contributed by atoms with Crippen molar-refractivity contribution in [1.82, 2.24) is 4.90 Å². The Labute approximate surface area is 114 Å². The Morgan fingerprint density at radius 3 is 2.47 bits per heavy atom. The zero-order valence-corrected chi connectivity index (χ0v) is 11.4. The monoisotopic (exact) mass is 259 g/mol. The molecule has 2 saturated heterocycles. The third kappa shape index (κ3) is 2.81. The normalized spacial score (nSPS) is 30.3. The van der Waals surface area contributed by atoms with Crippen LogP contribution in [-0.2, 0) is 16.0 Å². The number of hydrogen-bond donors (Lipinski definition) is 0. The molecule has 102 valence electrons. The van der Waals surface area contributed by atoms with E-state index in [1.807, 2.05) is 30.3 Å². The second-order valence-electron chi connectivity index (χ2n) is 5.80. The molecule has 0 radical (unpaired) electrons. The number of hydrogen-bond acceptors (Lipinski definition) is 3. The van der Waals surface area contributed by atoms with Crippen LogP contribution in [0.5, 0.6) is 0 Å². The van der Waals surface area contributed by atoms with Crippen molar-refractivity contribution in [2.75, 3.05) is 7.05 Å². The molecule has 3 nitrogen and oxygen atoms in total. The van der Waals surface area contributed by atoms with Gasteiger partial charge in [0.2, 0.25) is 0 Å². The molecule has 0 aromatic heterocycles. The average Bonchev–Trinajstić information content (AvgIpc) is 2.63. The maximum atomic E-state index is 12.0. The van der Waals surface area contributed by atoms with Crippen LogP contribution in [0.3, 0.4) is 0 Å². The molecule has 0 spiro atoms. The molecule has 2 heterocycles. The third-order valence-electron chi connectivity index (χ3n) is 4.54. The standard InChI is InChI=1S/C16H21NO2/c1-17-13-7-8-14(17)11-15(10-13)19-16(18)9-12-5-3-2-4-6-12/h2-6,13-15H,7-11H2,1H3/t13-,14+,15?. The minimum atomic E-state index is -0.0832. The number of rotatable bonds is 3. The quantitative estimate of drug-likeness (QED) is 0.781. The summed E-state index contributed by atoms with van der Waals surface area (Å²) in [6, 6.07) is 11.1. The maximum absolute atomic E-state index is 12.0. The number of carbonyl (C=O) groups is 1. The first kappa shape index (κ1) is 12.7. The summed E-state index contributed by atoms with van der Waals surface area (Å²) in [6.45, 7) is 0. The molecule has 1 unspecified atom stereocenters. The second-order valence-corrected chi connectivity index (χ2v) is 5.80. The van der Waals surface area contributed by atoms with E-state index in [-0.39, 0.29) is 12.1 Å². The molecule has 0 saturated carbocycles. The summed E-state index contributed by atoms with van der Waals surface area (Å²) < 4.78 is 5.66. The van der Waals surface area contributed by atoms with Crippen molar-refractivity contribution in [3.63, 3.8) is 0 Å². The first-order chi connectivity index (χ1) is 9.22. The molecule has 3 rings (SSSR count). The highest BCUT2D eigenvalue weighted by Crippen LogP contribution is 2.35. The van der Waals surface area contributed by atoms with E-state index in [4.69, 9.17) is 4.74 Å². The molecular weight excluding hydrogens is 238 g/mol. The van der Waals surface area contributed by atoms with Gasteiger partial charge in [-0.1, -0.05) is 30.3 Å². The minimum absolute atomic E-state index is 0.0832. The van der Waals surface area contributed by atoms with Crippen molar-refractivity contribution >= 4 is 5.97 Å². The van der Waals surface area contributed by atoms with E-state index in [1.165, 1.54) is 12.8 Å². The summed E-state index contributed by atoms with van der Waals surface area (Å²) in [5.41, 5.74) is 1.03. The minimum Gasteiger partial charge on any atom is -0.462 e. The van der Waals surface area contributed by atoms with E-state index in [2.05, 4.69) is 11.9 Å². The topological polar surface area (TPSA) is 29.5 Å². The van der Waals surface area contributed by atoms with Gasteiger partial charge in [-0.2, -0.15) is 0 Å². The van der Waals surface area contributed by atoms with Crippen molar-refractivity contribution in [3.05, 3.63) is 35.9 Å². The largest absolute Gasteiger partial charge is 0.462 e. The summed E-state index contributed by atoms with van der Waals surface area (Å²) in [7, 11) is 2.20. The highest BCUT2D eigenvalue weighted by atomic mass is 16.5. The predicted molar refractivity (Wildman–Crippen MR) is 73.8 cm³/mol. The van der Waals surface area contributed by atoms with Crippen molar-refractivity contribution in [2.24, 2.45) is 0 Å². The second kappa shape index (κ2) is 5.33. The van der Waals surface area contributed by atoms with Gasteiger partial charge >= 0.3 is 5.97 Å². The van der Waals surface area contributed by atoms with Crippen LogP contribution in [0.25, 0.3) is 0 Å². The zero-order valence-electron chi connectivity index (χ0n) is 11.4. The van der Waals surface area contributed by atoms with Gasteiger partial charge in [-0.15, -0.1) is 0 Å². The molecule has 2 fully saturated rings. The summed E-state index contributed by atoms with van der Waals surface area (Å²) >= 11 is 0. The van der Waals surface area contributed by atoms with Gasteiger partial charge in [-0.3, -0.25) is 4.79 Å². The average molecular weight is 259 g/mol. The lowest BCUT2D eigenvalue weighted by Gasteiger charge is -2.35. The predicted octanol–water partition coefficient (Wildman–Crippen LogP) is 2.40. The van der Waals surface area contributed by atoms with E-state index in [9.17, 15) is 4.79 Å². The number of fused-ring (bicyclic) bond motifs is 2. The molecule has 1 aromatic carbocycles. The molecule has 19 heavy (non-hydrogen) atoms. The highest BCUT2D eigenvalue weighted by molar-refractivity contribution is 5.72. The lowest BCUT2D eigenvalue weighted by Crippen LogP contribution is -2.43. The van der Waals surface area contributed by atoms with Crippen LogP contribution in [0, 0.1) is 0 Å². The Kier molecular flexibility index (Phi) is 3.56. The number of nitrogens with zero attached hydrogens (tertiary/aromatic N) is 1. The van der Waals surface area contributed by atoms with Gasteiger partial charge < -0.3 is 9.64 Å². The van der Waals surface area contributed by atoms with Crippen LogP contribution in [0.1, 0.15) is 31.2 Å². The summed E-state index contributed by atoms with van der Waals surface area (Å²) in [4.78, 5) is 14.4. The molecule has 0 amide bonds. The number of esters is 1. The van der Waals surface area contributed by atoms with Crippen LogP contribution >= 0.6 is 0 Å². The fourth-order valence-electron chi connectivity index (χ4n) is 3.45. The van der Waals surface area contributed by atoms with Crippen molar-refractivity contribution < 1.29 is 9.53 Å². The Morgan fingerprint density at radius 2 is 1.84 bits per heavy atom. The Balaban J connectivity index is 1.53. The molecular formula is C16H21NO2. The van der Waals surface area contributed by atoms with Gasteiger partial charge in [-0.05, 0) is 38.3 Å².